The average Bonchev–Trinajstić information content (AvgIpc) is 2.66. The molecule has 0 radical (unpaired) electrons. The van der Waals surface area contributed by atoms with Crippen LogP contribution in [0.15, 0.2) is 48.5 Å². The van der Waals surface area contributed by atoms with Crippen LogP contribution in [0.5, 0.6) is 11.5 Å². The van der Waals surface area contributed by atoms with Crippen molar-refractivity contribution >= 4 is 16.7 Å². The summed E-state index contributed by atoms with van der Waals surface area (Å²) < 4.78 is 16.4. The van der Waals surface area contributed by atoms with Gasteiger partial charge in [0.25, 0.3) is 0 Å². The highest BCUT2D eigenvalue weighted by Gasteiger charge is 2.27. The fourth-order valence-electron chi connectivity index (χ4n) is 3.47. The molecule has 3 aromatic rings. The van der Waals surface area contributed by atoms with Crippen LogP contribution in [-0.2, 0) is 11.2 Å². The van der Waals surface area contributed by atoms with E-state index in [0.29, 0.717) is 24.3 Å². The van der Waals surface area contributed by atoms with Crippen LogP contribution in [0.1, 0.15) is 15.9 Å². The quantitative estimate of drug-likeness (QED) is 0.672. The molecule has 0 saturated carbocycles. The fourth-order valence-corrected chi connectivity index (χ4v) is 3.47. The van der Waals surface area contributed by atoms with Crippen LogP contribution >= 0.6 is 0 Å². The second kappa shape index (κ2) is 6.13. The number of hydrogen-bond acceptors (Lipinski definition) is 4. The number of methoxy groups -OCH3 is 2. The van der Waals surface area contributed by atoms with E-state index in [1.54, 1.807) is 14.2 Å². The summed E-state index contributed by atoms with van der Waals surface area (Å²) in [5.74, 6) is 1.12. The third kappa shape index (κ3) is 2.50. The molecule has 0 atom stereocenters. The first-order valence-electron chi connectivity index (χ1n) is 8.17. The number of carbonyl (C=O) groups is 1. The molecule has 3 aromatic carbocycles. The molecule has 0 amide bonds. The highest BCUT2D eigenvalue weighted by molar-refractivity contribution is 6.12. The third-order valence-electron chi connectivity index (χ3n) is 4.58. The van der Waals surface area contributed by atoms with Gasteiger partial charge in [0.1, 0.15) is 11.5 Å². The van der Waals surface area contributed by atoms with Crippen LogP contribution in [0.3, 0.4) is 0 Å². The van der Waals surface area contributed by atoms with Gasteiger partial charge in [0.2, 0.25) is 0 Å². The lowest BCUT2D eigenvalue weighted by atomic mass is 9.87. The summed E-state index contributed by atoms with van der Waals surface area (Å²) in [7, 11) is 3.26. The lowest BCUT2D eigenvalue weighted by Crippen LogP contribution is -2.19. The van der Waals surface area contributed by atoms with E-state index < -0.39 is 0 Å². The van der Waals surface area contributed by atoms with E-state index in [4.69, 9.17) is 14.2 Å². The molecule has 0 aromatic heterocycles. The van der Waals surface area contributed by atoms with Crippen LogP contribution in [0.4, 0.5) is 0 Å². The summed E-state index contributed by atoms with van der Waals surface area (Å²) in [5.41, 5.74) is 3.45. The van der Waals surface area contributed by atoms with Crippen molar-refractivity contribution in [2.24, 2.45) is 0 Å². The molecular formula is C21H18O4. The monoisotopic (exact) mass is 334 g/mol. The second-order valence-corrected chi connectivity index (χ2v) is 5.97. The highest BCUT2D eigenvalue weighted by Crippen LogP contribution is 2.42. The molecule has 1 aliphatic rings. The van der Waals surface area contributed by atoms with Crippen molar-refractivity contribution in [3.63, 3.8) is 0 Å². The first kappa shape index (κ1) is 15.5. The molecule has 4 nitrogen and oxygen atoms in total. The number of benzene rings is 3. The lowest BCUT2D eigenvalue weighted by Gasteiger charge is -2.22. The Morgan fingerprint density at radius 1 is 0.960 bits per heavy atom. The Labute approximate surface area is 145 Å². The van der Waals surface area contributed by atoms with E-state index in [1.807, 2.05) is 48.5 Å². The fraction of sp³-hybridized carbons (Fsp3) is 0.190. The maximum Gasteiger partial charge on any atom is 0.339 e. The van der Waals surface area contributed by atoms with Crippen molar-refractivity contribution in [3.8, 4) is 22.6 Å². The SMILES string of the molecule is COc1cc(OC)c2c(-c3ccccc3)c3c(cc2c1)CCOC3=O. The Kier molecular flexibility index (Phi) is 3.80. The van der Waals surface area contributed by atoms with E-state index in [-0.39, 0.29) is 5.97 Å². The number of esters is 1. The molecule has 4 heteroatoms. The maximum atomic E-state index is 12.6. The molecule has 25 heavy (non-hydrogen) atoms. The maximum absolute atomic E-state index is 12.6. The number of carbonyl (C=O) groups excluding carboxylic acids is 1. The van der Waals surface area contributed by atoms with Crippen molar-refractivity contribution < 1.29 is 19.0 Å². The minimum absolute atomic E-state index is 0.278. The molecule has 0 fully saturated rings. The van der Waals surface area contributed by atoms with Gasteiger partial charge in [0.15, 0.2) is 0 Å². The van der Waals surface area contributed by atoms with Crippen LogP contribution in [0, 0.1) is 0 Å². The molecule has 0 unspecified atom stereocenters. The first-order valence-corrected chi connectivity index (χ1v) is 8.17. The minimum atomic E-state index is -0.278. The number of fused-ring (bicyclic) bond motifs is 2. The number of rotatable bonds is 3. The largest absolute Gasteiger partial charge is 0.497 e. The zero-order valence-electron chi connectivity index (χ0n) is 14.2. The third-order valence-corrected chi connectivity index (χ3v) is 4.58. The van der Waals surface area contributed by atoms with Crippen LogP contribution in [0.2, 0.25) is 0 Å². The van der Waals surface area contributed by atoms with Crippen LogP contribution in [0.25, 0.3) is 21.9 Å². The Morgan fingerprint density at radius 3 is 2.48 bits per heavy atom. The van der Waals surface area contributed by atoms with Gasteiger partial charge in [-0.2, -0.15) is 0 Å². The van der Waals surface area contributed by atoms with Gasteiger partial charge < -0.3 is 14.2 Å². The molecule has 1 heterocycles. The van der Waals surface area contributed by atoms with E-state index in [1.165, 1.54) is 0 Å². The van der Waals surface area contributed by atoms with E-state index >= 15 is 0 Å². The summed E-state index contributed by atoms with van der Waals surface area (Å²) in [4.78, 5) is 12.6. The predicted octanol–water partition coefficient (Wildman–Crippen LogP) is 4.24. The summed E-state index contributed by atoms with van der Waals surface area (Å²) in [6, 6.07) is 15.7. The Bertz CT molecular complexity index is 961. The van der Waals surface area contributed by atoms with Crippen molar-refractivity contribution in [1.82, 2.24) is 0 Å². The van der Waals surface area contributed by atoms with Crippen LogP contribution in [-0.4, -0.2) is 26.8 Å². The number of cyclic esters (lactones) is 1. The Morgan fingerprint density at radius 2 is 1.76 bits per heavy atom. The predicted molar refractivity (Wildman–Crippen MR) is 96.5 cm³/mol. The topological polar surface area (TPSA) is 44.8 Å². The smallest absolute Gasteiger partial charge is 0.339 e. The summed E-state index contributed by atoms with van der Waals surface area (Å²) >= 11 is 0. The molecule has 0 N–H and O–H groups in total. The van der Waals surface area contributed by atoms with E-state index in [9.17, 15) is 4.79 Å². The zero-order chi connectivity index (χ0) is 17.4. The second-order valence-electron chi connectivity index (χ2n) is 5.97. The van der Waals surface area contributed by atoms with Gasteiger partial charge in [-0.05, 0) is 28.6 Å². The van der Waals surface area contributed by atoms with Gasteiger partial charge in [-0.25, -0.2) is 4.79 Å². The Hall–Kier alpha value is -3.01. The zero-order valence-corrected chi connectivity index (χ0v) is 14.2. The van der Waals surface area contributed by atoms with Crippen molar-refractivity contribution in [2.45, 2.75) is 6.42 Å². The van der Waals surface area contributed by atoms with Crippen molar-refractivity contribution in [2.75, 3.05) is 20.8 Å². The van der Waals surface area contributed by atoms with Crippen LogP contribution < -0.4 is 9.47 Å². The summed E-state index contributed by atoms with van der Waals surface area (Å²) in [6.07, 6.45) is 0.705. The molecule has 0 bridgehead atoms. The van der Waals surface area contributed by atoms with E-state index in [0.717, 1.165) is 33.2 Å². The molecule has 1 aliphatic heterocycles. The van der Waals surface area contributed by atoms with Gasteiger partial charge in [0.05, 0.1) is 26.4 Å². The van der Waals surface area contributed by atoms with Crippen molar-refractivity contribution in [1.29, 1.82) is 0 Å². The summed E-state index contributed by atoms with van der Waals surface area (Å²) in [5, 5.41) is 1.88. The molecule has 4 rings (SSSR count). The Balaban J connectivity index is 2.18. The molecule has 0 spiro atoms. The first-order chi connectivity index (χ1) is 12.2. The standard InChI is InChI=1S/C21H18O4/c1-23-16-11-15-10-14-8-9-25-21(22)20(14)19(13-6-4-3-5-7-13)18(15)17(12-16)24-2/h3-7,10-12H,8-9H2,1-2H3. The van der Waals surface area contributed by atoms with Gasteiger partial charge in [0, 0.05) is 23.4 Å². The molecular weight excluding hydrogens is 316 g/mol. The normalized spacial score (nSPS) is 13.3. The lowest BCUT2D eigenvalue weighted by molar-refractivity contribution is 0.0482. The highest BCUT2D eigenvalue weighted by atomic mass is 16.5. The summed E-state index contributed by atoms with van der Waals surface area (Å²) in [6.45, 7) is 0.409. The van der Waals surface area contributed by atoms with Gasteiger partial charge in [-0.3, -0.25) is 0 Å². The minimum Gasteiger partial charge on any atom is -0.497 e. The van der Waals surface area contributed by atoms with Gasteiger partial charge in [-0.1, -0.05) is 30.3 Å². The molecule has 0 aliphatic carbocycles. The van der Waals surface area contributed by atoms with Gasteiger partial charge in [-0.15, -0.1) is 0 Å². The number of hydrogen-bond donors (Lipinski definition) is 0. The molecule has 126 valence electrons. The number of ether oxygens (including phenoxy) is 3. The average molecular weight is 334 g/mol. The van der Waals surface area contributed by atoms with E-state index in [2.05, 4.69) is 0 Å². The molecule has 0 saturated heterocycles. The van der Waals surface area contributed by atoms with Crippen molar-refractivity contribution in [3.05, 3.63) is 59.7 Å². The van der Waals surface area contributed by atoms with Gasteiger partial charge >= 0.3 is 5.97 Å².